The number of nitrogens with two attached hydrogens (primary N) is 1. The molecule has 0 saturated heterocycles. The molecule has 0 aromatic carbocycles. The van der Waals surface area contributed by atoms with Gasteiger partial charge in [0, 0.05) is 7.05 Å². The van der Waals surface area contributed by atoms with Crippen molar-refractivity contribution in [2.75, 3.05) is 12.3 Å². The molecule has 1 aromatic heterocycles. The van der Waals surface area contributed by atoms with E-state index in [0.29, 0.717) is 18.2 Å². The number of aryl methyl sites for hydroxylation is 2. The molecule has 2 N–H and O–H groups in total. The Hall–Kier alpha value is -1.45. The smallest absolute Gasteiger partial charge is 0.132 e. The minimum Gasteiger partial charge on any atom is -0.494 e. The van der Waals surface area contributed by atoms with E-state index in [4.69, 9.17) is 10.5 Å². The van der Waals surface area contributed by atoms with Gasteiger partial charge in [0.2, 0.25) is 0 Å². The molecule has 1 aromatic rings. The van der Waals surface area contributed by atoms with Crippen molar-refractivity contribution in [3.63, 3.8) is 0 Å². The zero-order valence-corrected chi connectivity index (χ0v) is 8.29. The summed E-state index contributed by atoms with van der Waals surface area (Å²) in [4.78, 5) is 0. The largest absolute Gasteiger partial charge is 0.494 e. The Labute approximate surface area is 78.0 Å². The van der Waals surface area contributed by atoms with Gasteiger partial charge < -0.3 is 10.5 Å². The second-order valence-electron chi connectivity index (χ2n) is 2.83. The van der Waals surface area contributed by atoms with Gasteiger partial charge in [0.25, 0.3) is 0 Å². The van der Waals surface area contributed by atoms with Crippen molar-refractivity contribution < 1.29 is 4.74 Å². The molecule has 0 spiro atoms. The summed E-state index contributed by atoms with van der Waals surface area (Å²) in [6.07, 6.45) is 0. The van der Waals surface area contributed by atoms with Gasteiger partial charge in [-0.1, -0.05) is 6.58 Å². The van der Waals surface area contributed by atoms with Crippen molar-refractivity contribution in [3.05, 3.63) is 17.8 Å². The van der Waals surface area contributed by atoms with E-state index in [-0.39, 0.29) is 0 Å². The summed E-state index contributed by atoms with van der Waals surface area (Å²) in [6, 6.07) is 0. The molecule has 0 bridgehead atoms. The molecule has 0 radical (unpaired) electrons. The number of hydrogen-bond acceptors (Lipinski definition) is 3. The zero-order valence-electron chi connectivity index (χ0n) is 8.29. The Morgan fingerprint density at radius 3 is 2.69 bits per heavy atom. The normalized spacial score (nSPS) is 10.1. The molecular weight excluding hydrogens is 166 g/mol. The maximum atomic E-state index is 5.79. The first-order valence-corrected chi connectivity index (χ1v) is 4.19. The lowest BCUT2D eigenvalue weighted by atomic mass is 10.2. The summed E-state index contributed by atoms with van der Waals surface area (Å²) >= 11 is 0. The molecule has 0 amide bonds. The molecule has 4 heteroatoms. The standard InChI is InChI=1S/C9H15N3O/c1-5-13-7(3)8-6(2)11-12(4)9(8)10/h3,5,10H2,1-2,4H3. The van der Waals surface area contributed by atoms with Crippen LogP contribution >= 0.6 is 0 Å². The summed E-state index contributed by atoms with van der Waals surface area (Å²) in [5.74, 6) is 1.18. The van der Waals surface area contributed by atoms with Crippen LogP contribution in [0.15, 0.2) is 6.58 Å². The van der Waals surface area contributed by atoms with Crippen LogP contribution in [0.2, 0.25) is 0 Å². The average Bonchev–Trinajstić information content (AvgIpc) is 2.27. The predicted octanol–water partition coefficient (Wildman–Crippen LogP) is 1.32. The first-order valence-electron chi connectivity index (χ1n) is 4.19. The first-order chi connectivity index (χ1) is 6.07. The van der Waals surface area contributed by atoms with Crippen molar-refractivity contribution >= 4 is 11.6 Å². The van der Waals surface area contributed by atoms with Crippen LogP contribution in [0.25, 0.3) is 5.76 Å². The number of nitrogens with zero attached hydrogens (tertiary/aromatic N) is 2. The Balaban J connectivity index is 3.06. The summed E-state index contributed by atoms with van der Waals surface area (Å²) in [7, 11) is 1.80. The van der Waals surface area contributed by atoms with E-state index in [9.17, 15) is 0 Å². The maximum Gasteiger partial charge on any atom is 0.132 e. The molecule has 0 unspecified atom stereocenters. The molecule has 13 heavy (non-hydrogen) atoms. The Bertz CT molecular complexity index is 328. The molecule has 0 atom stereocenters. The Morgan fingerprint density at radius 2 is 2.31 bits per heavy atom. The predicted molar refractivity (Wildman–Crippen MR) is 53.0 cm³/mol. The molecule has 72 valence electrons. The summed E-state index contributed by atoms with van der Waals surface area (Å²) in [5, 5.41) is 4.16. The number of anilines is 1. The zero-order chi connectivity index (χ0) is 10.0. The van der Waals surface area contributed by atoms with Crippen LogP contribution in [-0.2, 0) is 11.8 Å². The van der Waals surface area contributed by atoms with Crippen molar-refractivity contribution in [2.24, 2.45) is 7.05 Å². The van der Waals surface area contributed by atoms with E-state index in [2.05, 4.69) is 11.7 Å². The number of nitrogen functional groups attached to an aromatic ring is 1. The summed E-state index contributed by atoms with van der Waals surface area (Å²) in [6.45, 7) is 8.18. The molecule has 0 aliphatic carbocycles. The molecule has 0 fully saturated rings. The van der Waals surface area contributed by atoms with Crippen LogP contribution in [0.5, 0.6) is 0 Å². The third-order valence-corrected chi connectivity index (χ3v) is 1.86. The Kier molecular flexibility index (Phi) is 2.60. The van der Waals surface area contributed by atoms with Crippen LogP contribution < -0.4 is 5.73 Å². The quantitative estimate of drug-likeness (QED) is 0.715. The summed E-state index contributed by atoms with van der Waals surface area (Å²) < 4.78 is 6.90. The van der Waals surface area contributed by atoms with E-state index in [1.54, 1.807) is 11.7 Å². The van der Waals surface area contributed by atoms with E-state index >= 15 is 0 Å². The van der Waals surface area contributed by atoms with Crippen molar-refractivity contribution in [2.45, 2.75) is 13.8 Å². The van der Waals surface area contributed by atoms with Crippen LogP contribution in [0.1, 0.15) is 18.2 Å². The fourth-order valence-electron chi connectivity index (χ4n) is 1.27. The molecule has 1 rings (SSSR count). The highest BCUT2D eigenvalue weighted by Crippen LogP contribution is 2.23. The highest BCUT2D eigenvalue weighted by Gasteiger charge is 2.13. The van der Waals surface area contributed by atoms with Gasteiger partial charge in [-0.2, -0.15) is 5.10 Å². The van der Waals surface area contributed by atoms with Gasteiger partial charge >= 0.3 is 0 Å². The highest BCUT2D eigenvalue weighted by atomic mass is 16.5. The van der Waals surface area contributed by atoms with Crippen LogP contribution in [0.3, 0.4) is 0 Å². The fourth-order valence-corrected chi connectivity index (χ4v) is 1.27. The molecule has 1 heterocycles. The van der Waals surface area contributed by atoms with E-state index in [1.165, 1.54) is 0 Å². The van der Waals surface area contributed by atoms with Gasteiger partial charge in [0.1, 0.15) is 11.6 Å². The third kappa shape index (κ3) is 1.66. The highest BCUT2D eigenvalue weighted by molar-refractivity contribution is 5.69. The molecule has 0 aliphatic heterocycles. The van der Waals surface area contributed by atoms with E-state index < -0.39 is 0 Å². The van der Waals surface area contributed by atoms with Gasteiger partial charge in [0.05, 0.1) is 17.9 Å². The number of aromatic nitrogens is 2. The fraction of sp³-hybridized carbons (Fsp3) is 0.444. The van der Waals surface area contributed by atoms with E-state index in [1.807, 2.05) is 13.8 Å². The first kappa shape index (κ1) is 9.64. The molecule has 0 saturated carbocycles. The minimum absolute atomic E-state index is 0.589. The van der Waals surface area contributed by atoms with Gasteiger partial charge in [0.15, 0.2) is 0 Å². The van der Waals surface area contributed by atoms with Gasteiger partial charge in [-0.05, 0) is 13.8 Å². The maximum absolute atomic E-state index is 5.79. The molecular formula is C9H15N3O. The number of hydrogen-bond donors (Lipinski definition) is 1. The Morgan fingerprint density at radius 1 is 1.69 bits per heavy atom. The monoisotopic (exact) mass is 181 g/mol. The van der Waals surface area contributed by atoms with Gasteiger partial charge in [-0.25, -0.2) is 0 Å². The summed E-state index contributed by atoms with van der Waals surface area (Å²) in [5.41, 5.74) is 7.45. The van der Waals surface area contributed by atoms with Crippen LogP contribution in [0.4, 0.5) is 5.82 Å². The number of rotatable bonds is 3. The van der Waals surface area contributed by atoms with Crippen molar-refractivity contribution in [1.82, 2.24) is 9.78 Å². The number of ether oxygens (including phenoxy) is 1. The van der Waals surface area contributed by atoms with Crippen LogP contribution in [0, 0.1) is 6.92 Å². The second kappa shape index (κ2) is 3.51. The van der Waals surface area contributed by atoms with Crippen LogP contribution in [-0.4, -0.2) is 16.4 Å². The average molecular weight is 181 g/mol. The molecule has 0 aliphatic rings. The lowest BCUT2D eigenvalue weighted by molar-refractivity contribution is 0.299. The van der Waals surface area contributed by atoms with Gasteiger partial charge in [-0.15, -0.1) is 0 Å². The molecule has 4 nitrogen and oxygen atoms in total. The third-order valence-electron chi connectivity index (χ3n) is 1.86. The topological polar surface area (TPSA) is 53.1 Å². The lowest BCUT2D eigenvalue weighted by Gasteiger charge is -2.06. The van der Waals surface area contributed by atoms with Crippen molar-refractivity contribution in [1.29, 1.82) is 0 Å². The lowest BCUT2D eigenvalue weighted by Crippen LogP contribution is -2.00. The minimum atomic E-state index is 0.589. The van der Waals surface area contributed by atoms with Gasteiger partial charge in [-0.3, -0.25) is 4.68 Å². The second-order valence-corrected chi connectivity index (χ2v) is 2.83. The van der Waals surface area contributed by atoms with E-state index in [0.717, 1.165) is 11.3 Å². The SMILES string of the molecule is C=C(OCC)c1c(C)nn(C)c1N. The van der Waals surface area contributed by atoms with Crippen molar-refractivity contribution in [3.8, 4) is 0 Å².